The van der Waals surface area contributed by atoms with Gasteiger partial charge in [-0.3, -0.25) is 0 Å². The largest absolute Gasteiger partial charge is 0.0987 e. The van der Waals surface area contributed by atoms with Crippen LogP contribution in [0.2, 0.25) is 0 Å². The van der Waals surface area contributed by atoms with Gasteiger partial charge in [0.15, 0.2) is 0 Å². The molecule has 0 aliphatic heterocycles. The maximum atomic E-state index is 4.43. The maximum Gasteiger partial charge on any atom is 0.0167 e. The molecule has 4 unspecified atom stereocenters. The zero-order valence-corrected chi connectivity index (χ0v) is 39.5. The SMILES string of the molecule is C=CC1=C(/C=C\C)c2cc(-c3ccc(C)c(C4=C(C(C)C(C)c5ccccc5)CC=C4)c3)ccc2C1C(C)C(=C/C(=CC)c1ccccc1)/C=C(\C)c1ccccc1.CC.CC. The van der Waals surface area contributed by atoms with Gasteiger partial charge in [-0.05, 0) is 148 Å². The van der Waals surface area contributed by atoms with Crippen LogP contribution in [-0.2, 0) is 0 Å². The lowest BCUT2D eigenvalue weighted by atomic mass is 9.78. The van der Waals surface area contributed by atoms with Crippen molar-refractivity contribution in [1.82, 2.24) is 0 Å². The summed E-state index contributed by atoms with van der Waals surface area (Å²) in [5.41, 5.74) is 20.9. The smallest absolute Gasteiger partial charge is 0.0167 e. The van der Waals surface area contributed by atoms with Crippen LogP contribution in [0, 0.1) is 18.8 Å². The summed E-state index contributed by atoms with van der Waals surface area (Å²) in [7, 11) is 0. The van der Waals surface area contributed by atoms with E-state index in [1.807, 2.05) is 27.7 Å². The Morgan fingerprint density at radius 3 is 1.85 bits per heavy atom. The van der Waals surface area contributed by atoms with Crippen LogP contribution >= 0.6 is 0 Å². The van der Waals surface area contributed by atoms with Crippen LogP contribution in [0.5, 0.6) is 0 Å². The van der Waals surface area contributed by atoms with E-state index < -0.39 is 0 Å². The molecule has 62 heavy (non-hydrogen) atoms. The van der Waals surface area contributed by atoms with Crippen LogP contribution in [0.25, 0.3) is 33.4 Å². The number of allylic oxidation sites excluding steroid dienone is 15. The second-order valence-corrected chi connectivity index (χ2v) is 16.2. The fraction of sp³-hybridized carbons (Fsp3) is 0.258. The molecule has 2 aliphatic rings. The van der Waals surface area contributed by atoms with E-state index in [0.717, 1.165) is 6.42 Å². The molecule has 0 fully saturated rings. The highest BCUT2D eigenvalue weighted by atomic mass is 14.4. The molecule has 0 bridgehead atoms. The molecule has 0 aromatic heterocycles. The van der Waals surface area contributed by atoms with Gasteiger partial charge in [-0.1, -0.05) is 224 Å². The fourth-order valence-electron chi connectivity index (χ4n) is 9.19. The summed E-state index contributed by atoms with van der Waals surface area (Å²) in [5, 5.41) is 0. The van der Waals surface area contributed by atoms with Crippen molar-refractivity contribution >= 4 is 22.3 Å². The van der Waals surface area contributed by atoms with Crippen LogP contribution in [0.15, 0.2) is 199 Å². The number of fused-ring (bicyclic) bond motifs is 1. The van der Waals surface area contributed by atoms with Gasteiger partial charge in [0, 0.05) is 5.92 Å². The maximum absolute atomic E-state index is 4.43. The van der Waals surface area contributed by atoms with Gasteiger partial charge >= 0.3 is 0 Å². The highest BCUT2D eigenvalue weighted by molar-refractivity contribution is 5.90. The first-order valence-corrected chi connectivity index (χ1v) is 23.1. The van der Waals surface area contributed by atoms with Crippen molar-refractivity contribution in [2.75, 3.05) is 0 Å². The van der Waals surface area contributed by atoms with Gasteiger partial charge in [0.25, 0.3) is 0 Å². The predicted molar refractivity (Wildman–Crippen MR) is 276 cm³/mol. The van der Waals surface area contributed by atoms with Crippen LogP contribution in [0.1, 0.15) is 126 Å². The van der Waals surface area contributed by atoms with E-state index in [-0.39, 0.29) is 11.8 Å². The lowest BCUT2D eigenvalue weighted by molar-refractivity contribution is 0.556. The van der Waals surface area contributed by atoms with Crippen molar-refractivity contribution < 1.29 is 0 Å². The third-order valence-electron chi connectivity index (χ3n) is 12.7. The van der Waals surface area contributed by atoms with E-state index in [0.29, 0.717) is 11.8 Å². The third-order valence-corrected chi connectivity index (χ3v) is 12.7. The fourth-order valence-corrected chi connectivity index (χ4v) is 9.19. The Balaban J connectivity index is 0.00000176. The van der Waals surface area contributed by atoms with E-state index in [1.165, 1.54) is 89.1 Å². The van der Waals surface area contributed by atoms with Crippen molar-refractivity contribution in [3.8, 4) is 11.1 Å². The first-order chi connectivity index (χ1) is 30.2. The first-order valence-electron chi connectivity index (χ1n) is 23.1. The molecule has 0 saturated carbocycles. The molecular formula is C62H70. The standard InChI is InChI=1S/C58H58.2C2H6/c1-9-22-53-51(11-3)58(43(8)50(35-40(5)45-23-15-12-16-24-45)36-44(10-2)47-27-19-14-20-28-47)55-34-33-49(38-57(53)55)48-32-31-39(4)56(37-48)54-30-21-29-52(54)42(7)41(6)46-25-17-13-18-26-46;2*1-2/h9-28,30-38,41-43,58H,3,29H2,1-2,4-8H3;2*1-2H3/b22-9-,40-35+,44-10?,50-36+;;. The number of benzene rings is 5. The van der Waals surface area contributed by atoms with E-state index in [1.54, 1.807) is 0 Å². The van der Waals surface area contributed by atoms with Crippen LogP contribution in [-0.4, -0.2) is 0 Å². The minimum Gasteiger partial charge on any atom is -0.0987 e. The Bertz CT molecular complexity index is 2490. The summed E-state index contributed by atoms with van der Waals surface area (Å²) in [6, 6.07) is 46.7. The minimum atomic E-state index is 0.144. The van der Waals surface area contributed by atoms with Crippen LogP contribution < -0.4 is 0 Å². The second-order valence-electron chi connectivity index (χ2n) is 16.2. The van der Waals surface area contributed by atoms with Crippen molar-refractivity contribution in [3.05, 3.63) is 238 Å². The van der Waals surface area contributed by atoms with E-state index >= 15 is 0 Å². The number of aryl methyl sites for hydroxylation is 1. The average molecular weight is 815 g/mol. The number of rotatable bonds is 13. The molecule has 0 spiro atoms. The molecule has 0 nitrogen and oxygen atoms in total. The Labute approximate surface area is 376 Å². The molecule has 0 saturated heterocycles. The Kier molecular flexibility index (Phi) is 17.3. The molecule has 4 atom stereocenters. The summed E-state index contributed by atoms with van der Waals surface area (Å²) in [6.07, 6.45) is 19.3. The van der Waals surface area contributed by atoms with Gasteiger partial charge in [-0.15, -0.1) is 0 Å². The lowest BCUT2D eigenvalue weighted by Crippen LogP contribution is -2.12. The topological polar surface area (TPSA) is 0 Å². The molecule has 0 heteroatoms. The molecule has 0 radical (unpaired) electrons. The van der Waals surface area contributed by atoms with Gasteiger partial charge in [0.2, 0.25) is 0 Å². The van der Waals surface area contributed by atoms with Crippen molar-refractivity contribution in [2.45, 2.75) is 94.4 Å². The normalized spacial score (nSPS) is 16.6. The monoisotopic (exact) mass is 815 g/mol. The van der Waals surface area contributed by atoms with E-state index in [9.17, 15) is 0 Å². The Morgan fingerprint density at radius 1 is 0.677 bits per heavy atom. The zero-order valence-electron chi connectivity index (χ0n) is 39.5. The molecule has 0 N–H and O–H groups in total. The van der Waals surface area contributed by atoms with E-state index in [2.05, 4.69) is 231 Å². The van der Waals surface area contributed by atoms with Gasteiger partial charge in [-0.25, -0.2) is 0 Å². The average Bonchev–Trinajstić information content (AvgIpc) is 3.94. The van der Waals surface area contributed by atoms with E-state index in [4.69, 9.17) is 0 Å². The summed E-state index contributed by atoms with van der Waals surface area (Å²) < 4.78 is 0. The Hall–Kier alpha value is -5.98. The summed E-state index contributed by atoms with van der Waals surface area (Å²) in [6.45, 7) is 28.4. The Morgan fingerprint density at radius 2 is 1.26 bits per heavy atom. The third kappa shape index (κ3) is 10.4. The number of hydrogen-bond acceptors (Lipinski definition) is 0. The highest BCUT2D eigenvalue weighted by Gasteiger charge is 2.34. The molecule has 318 valence electrons. The minimum absolute atomic E-state index is 0.144. The first kappa shape index (κ1) is 47.1. The molecule has 0 amide bonds. The van der Waals surface area contributed by atoms with Gasteiger partial charge in [0.1, 0.15) is 0 Å². The molecule has 7 rings (SSSR count). The second kappa shape index (κ2) is 22.7. The van der Waals surface area contributed by atoms with Gasteiger partial charge in [0.05, 0.1) is 0 Å². The van der Waals surface area contributed by atoms with Gasteiger partial charge < -0.3 is 0 Å². The summed E-state index contributed by atoms with van der Waals surface area (Å²) in [5.74, 6) is 1.18. The van der Waals surface area contributed by atoms with Crippen molar-refractivity contribution in [1.29, 1.82) is 0 Å². The molecular weight excluding hydrogens is 745 g/mol. The summed E-state index contributed by atoms with van der Waals surface area (Å²) >= 11 is 0. The summed E-state index contributed by atoms with van der Waals surface area (Å²) in [4.78, 5) is 0. The van der Waals surface area contributed by atoms with Gasteiger partial charge in [-0.2, -0.15) is 0 Å². The van der Waals surface area contributed by atoms with Crippen LogP contribution in [0.3, 0.4) is 0 Å². The zero-order chi connectivity index (χ0) is 44.8. The number of hydrogen-bond donors (Lipinski definition) is 0. The molecule has 5 aromatic carbocycles. The van der Waals surface area contributed by atoms with Crippen LogP contribution in [0.4, 0.5) is 0 Å². The predicted octanol–water partition coefficient (Wildman–Crippen LogP) is 18.3. The molecule has 2 aliphatic carbocycles. The molecule has 0 heterocycles. The lowest BCUT2D eigenvalue weighted by Gasteiger charge is -2.25. The quantitative estimate of drug-likeness (QED) is 0.104. The van der Waals surface area contributed by atoms with Crippen molar-refractivity contribution in [3.63, 3.8) is 0 Å². The highest BCUT2D eigenvalue weighted by Crippen LogP contribution is 2.50. The van der Waals surface area contributed by atoms with Crippen molar-refractivity contribution in [2.24, 2.45) is 11.8 Å². The molecule has 5 aromatic rings.